The van der Waals surface area contributed by atoms with Crippen molar-refractivity contribution in [3.05, 3.63) is 102 Å². The molecule has 5 nitrogen and oxygen atoms in total. The number of carbonyl (C=O) groups excluding carboxylic acids is 2. The Kier molecular flexibility index (Phi) is 6.85. The fourth-order valence-corrected chi connectivity index (χ4v) is 4.13. The van der Waals surface area contributed by atoms with Crippen LogP contribution in [0.15, 0.2) is 84.9 Å². The van der Waals surface area contributed by atoms with Gasteiger partial charge in [-0.15, -0.1) is 0 Å². The average Bonchev–Trinajstić information content (AvgIpc) is 3.23. The van der Waals surface area contributed by atoms with Gasteiger partial charge in [0.2, 0.25) is 11.8 Å². The van der Waals surface area contributed by atoms with Crippen LogP contribution in [0.5, 0.6) is 5.75 Å². The Morgan fingerprint density at radius 2 is 1.59 bits per heavy atom. The third-order valence-electron chi connectivity index (χ3n) is 5.97. The maximum atomic E-state index is 13.2. The highest BCUT2D eigenvalue weighted by molar-refractivity contribution is 5.89. The van der Waals surface area contributed by atoms with Gasteiger partial charge in [-0.2, -0.15) is 0 Å². The summed E-state index contributed by atoms with van der Waals surface area (Å²) < 4.78 is 5.27. The van der Waals surface area contributed by atoms with Gasteiger partial charge in [-0.3, -0.25) is 9.59 Å². The first-order valence-corrected chi connectivity index (χ1v) is 10.9. The Balaban J connectivity index is 1.44. The highest BCUT2D eigenvalue weighted by atomic mass is 16.5. The maximum absolute atomic E-state index is 13.2. The van der Waals surface area contributed by atoms with Gasteiger partial charge >= 0.3 is 0 Å². The van der Waals surface area contributed by atoms with E-state index in [4.69, 9.17) is 4.74 Å². The largest absolute Gasteiger partial charge is 0.497 e. The number of methoxy groups -OCH3 is 1. The van der Waals surface area contributed by atoms with Crippen molar-refractivity contribution >= 4 is 11.8 Å². The Hall–Kier alpha value is -3.60. The van der Waals surface area contributed by atoms with E-state index in [1.165, 1.54) is 5.56 Å². The third-order valence-corrected chi connectivity index (χ3v) is 5.97. The van der Waals surface area contributed by atoms with E-state index in [2.05, 4.69) is 17.4 Å². The topological polar surface area (TPSA) is 58.6 Å². The zero-order valence-corrected chi connectivity index (χ0v) is 18.2. The number of nitrogens with zero attached hydrogens (tertiary/aromatic N) is 1. The van der Waals surface area contributed by atoms with Crippen molar-refractivity contribution in [2.75, 3.05) is 20.2 Å². The minimum Gasteiger partial charge on any atom is -0.497 e. The highest BCUT2D eigenvalue weighted by Gasteiger charge is 2.35. The number of nitrogens with one attached hydrogen (secondary N) is 1. The van der Waals surface area contributed by atoms with Crippen LogP contribution < -0.4 is 10.1 Å². The van der Waals surface area contributed by atoms with Crippen molar-refractivity contribution in [2.45, 2.75) is 18.9 Å². The number of amides is 2. The van der Waals surface area contributed by atoms with E-state index >= 15 is 0 Å². The fraction of sp³-hybridized carbons (Fsp3) is 0.259. The molecule has 5 heteroatoms. The fourth-order valence-electron chi connectivity index (χ4n) is 4.13. The summed E-state index contributed by atoms with van der Waals surface area (Å²) in [6.45, 7) is 1.09. The average molecular weight is 429 g/mol. The van der Waals surface area contributed by atoms with E-state index in [0.717, 1.165) is 23.3 Å². The lowest BCUT2D eigenvalue weighted by Crippen LogP contribution is -2.36. The molecule has 1 N–H and O–H groups in total. The lowest BCUT2D eigenvalue weighted by molar-refractivity contribution is -0.129. The molecular weight excluding hydrogens is 400 g/mol. The quantitative estimate of drug-likeness (QED) is 0.590. The molecule has 0 aromatic heterocycles. The Labute approximate surface area is 189 Å². The number of likely N-dealkylation sites (tertiary alicyclic amines) is 1. The zero-order chi connectivity index (χ0) is 22.3. The standard InChI is InChI=1S/C27H28N2O3/c1-32-24-14-12-22(13-15-24)26(21-10-6-3-7-11-21)28-27(31)23-18-25(30)29(19-23)17-16-20-8-4-2-5-9-20/h2-15,23,26H,16-19H2,1H3,(H,28,31)/t23-,26+/m0/s1. The van der Waals surface area contributed by atoms with Crippen LogP contribution in [0.2, 0.25) is 0 Å². The summed E-state index contributed by atoms with van der Waals surface area (Å²) in [6.07, 6.45) is 1.05. The van der Waals surface area contributed by atoms with Crippen LogP contribution in [-0.4, -0.2) is 36.9 Å². The van der Waals surface area contributed by atoms with Gasteiger partial charge in [0.05, 0.1) is 19.1 Å². The second-order valence-electron chi connectivity index (χ2n) is 8.10. The summed E-state index contributed by atoms with van der Waals surface area (Å²) in [7, 11) is 1.63. The summed E-state index contributed by atoms with van der Waals surface area (Å²) in [5, 5.41) is 3.19. The van der Waals surface area contributed by atoms with Crippen molar-refractivity contribution in [1.29, 1.82) is 0 Å². The number of rotatable bonds is 8. The molecule has 1 aliphatic rings. The van der Waals surface area contributed by atoms with Gasteiger partial charge < -0.3 is 15.0 Å². The van der Waals surface area contributed by atoms with E-state index < -0.39 is 0 Å². The van der Waals surface area contributed by atoms with Gasteiger partial charge in [0, 0.05) is 19.5 Å². The molecule has 0 bridgehead atoms. The molecule has 1 heterocycles. The van der Waals surface area contributed by atoms with Gasteiger partial charge in [-0.1, -0.05) is 72.8 Å². The SMILES string of the molecule is COc1ccc([C@H](NC(=O)[C@H]2CC(=O)N(CCc3ccccc3)C2)c2ccccc2)cc1. The Bertz CT molecular complexity index is 1040. The summed E-state index contributed by atoms with van der Waals surface area (Å²) in [5.74, 6) is 0.372. The molecule has 0 aliphatic carbocycles. The van der Waals surface area contributed by atoms with E-state index in [-0.39, 0.29) is 30.2 Å². The summed E-state index contributed by atoms with van der Waals surface area (Å²) in [5.41, 5.74) is 3.16. The molecule has 3 aromatic rings. The molecule has 2 atom stereocenters. The molecule has 164 valence electrons. The molecule has 1 aliphatic heterocycles. The molecule has 3 aromatic carbocycles. The molecule has 0 spiro atoms. The summed E-state index contributed by atoms with van der Waals surface area (Å²) in [4.78, 5) is 27.5. The smallest absolute Gasteiger partial charge is 0.226 e. The van der Waals surface area contributed by atoms with Crippen LogP contribution in [0, 0.1) is 5.92 Å². The van der Waals surface area contributed by atoms with E-state index in [0.29, 0.717) is 13.1 Å². The van der Waals surface area contributed by atoms with Crippen molar-refractivity contribution in [1.82, 2.24) is 10.2 Å². The molecule has 0 saturated carbocycles. The van der Waals surface area contributed by atoms with Gasteiger partial charge in [-0.25, -0.2) is 0 Å². The van der Waals surface area contributed by atoms with Crippen LogP contribution in [0.1, 0.15) is 29.2 Å². The number of ether oxygens (including phenoxy) is 1. The predicted molar refractivity (Wildman–Crippen MR) is 124 cm³/mol. The lowest BCUT2D eigenvalue weighted by atomic mass is 9.97. The van der Waals surface area contributed by atoms with Gasteiger partial charge in [0.25, 0.3) is 0 Å². The summed E-state index contributed by atoms with van der Waals surface area (Å²) >= 11 is 0. The van der Waals surface area contributed by atoms with Gasteiger partial charge in [-0.05, 0) is 35.2 Å². The normalized spacial score (nSPS) is 16.6. The second-order valence-corrected chi connectivity index (χ2v) is 8.10. The minimum atomic E-state index is -0.345. The molecule has 1 saturated heterocycles. The zero-order valence-electron chi connectivity index (χ0n) is 18.2. The summed E-state index contributed by atoms with van der Waals surface area (Å²) in [6, 6.07) is 27.4. The molecule has 0 radical (unpaired) electrons. The molecule has 2 amide bonds. The molecule has 4 rings (SSSR count). The minimum absolute atomic E-state index is 0.0433. The molecular formula is C27H28N2O3. The van der Waals surface area contributed by atoms with E-state index in [1.807, 2.05) is 77.7 Å². The van der Waals surface area contributed by atoms with Gasteiger partial charge in [0.1, 0.15) is 5.75 Å². The lowest BCUT2D eigenvalue weighted by Gasteiger charge is -2.22. The van der Waals surface area contributed by atoms with Gasteiger partial charge in [0.15, 0.2) is 0 Å². The van der Waals surface area contributed by atoms with Crippen molar-refractivity contribution in [2.24, 2.45) is 5.92 Å². The van der Waals surface area contributed by atoms with Crippen LogP contribution in [0.4, 0.5) is 0 Å². The van der Waals surface area contributed by atoms with Crippen LogP contribution in [-0.2, 0) is 16.0 Å². The Morgan fingerprint density at radius 1 is 0.969 bits per heavy atom. The van der Waals surface area contributed by atoms with Crippen LogP contribution in [0.25, 0.3) is 0 Å². The number of hydrogen-bond donors (Lipinski definition) is 1. The molecule has 32 heavy (non-hydrogen) atoms. The van der Waals surface area contributed by atoms with Crippen LogP contribution >= 0.6 is 0 Å². The third kappa shape index (κ3) is 5.17. The van der Waals surface area contributed by atoms with Crippen molar-refractivity contribution in [3.63, 3.8) is 0 Å². The first-order valence-electron chi connectivity index (χ1n) is 10.9. The monoisotopic (exact) mass is 428 g/mol. The number of benzene rings is 3. The first-order chi connectivity index (χ1) is 15.6. The Morgan fingerprint density at radius 3 is 2.25 bits per heavy atom. The maximum Gasteiger partial charge on any atom is 0.226 e. The van der Waals surface area contributed by atoms with Crippen LogP contribution in [0.3, 0.4) is 0 Å². The number of hydrogen-bond acceptors (Lipinski definition) is 3. The van der Waals surface area contributed by atoms with Crippen molar-refractivity contribution in [3.8, 4) is 5.75 Å². The van der Waals surface area contributed by atoms with Crippen molar-refractivity contribution < 1.29 is 14.3 Å². The molecule has 1 fully saturated rings. The highest BCUT2D eigenvalue weighted by Crippen LogP contribution is 2.26. The molecule has 0 unspecified atom stereocenters. The van der Waals surface area contributed by atoms with E-state index in [1.54, 1.807) is 7.11 Å². The van der Waals surface area contributed by atoms with E-state index in [9.17, 15) is 9.59 Å². The number of carbonyl (C=O) groups is 2. The first kappa shape index (κ1) is 21.6. The second kappa shape index (κ2) is 10.1. The predicted octanol–water partition coefficient (Wildman–Crippen LogP) is 3.99.